The highest BCUT2D eigenvalue weighted by Crippen LogP contribution is 2.20. The topological polar surface area (TPSA) is 48.2 Å². The number of nitrogens with zero attached hydrogens (tertiary/aromatic N) is 2. The van der Waals surface area contributed by atoms with Gasteiger partial charge in [-0.2, -0.15) is 4.98 Å². The lowest BCUT2D eigenvalue weighted by Crippen LogP contribution is -2.02. The molecule has 1 aromatic rings. The molecule has 80 valence electrons. The van der Waals surface area contributed by atoms with Crippen molar-refractivity contribution in [2.45, 2.75) is 45.3 Å². The number of ether oxygens (including phenoxy) is 1. The molecule has 1 aromatic heterocycles. The number of halogens is 1. The van der Waals surface area contributed by atoms with E-state index in [2.05, 4.69) is 10.1 Å². The molecule has 1 unspecified atom stereocenters. The minimum absolute atomic E-state index is 0.156. The van der Waals surface area contributed by atoms with Crippen LogP contribution in [0, 0.1) is 0 Å². The highest BCUT2D eigenvalue weighted by Gasteiger charge is 2.13. The molecule has 4 nitrogen and oxygen atoms in total. The van der Waals surface area contributed by atoms with Gasteiger partial charge in [0.05, 0.1) is 11.5 Å². The van der Waals surface area contributed by atoms with E-state index in [1.54, 1.807) is 0 Å². The quantitative estimate of drug-likeness (QED) is 0.713. The highest BCUT2D eigenvalue weighted by molar-refractivity contribution is 6.20. The molecule has 1 rings (SSSR count). The number of hydrogen-bond donors (Lipinski definition) is 0. The monoisotopic (exact) mass is 218 g/mol. The lowest BCUT2D eigenvalue weighted by Gasteiger charge is -2.02. The van der Waals surface area contributed by atoms with Crippen molar-refractivity contribution in [2.75, 3.05) is 0 Å². The highest BCUT2D eigenvalue weighted by atomic mass is 35.5. The molecule has 0 aliphatic heterocycles. The van der Waals surface area contributed by atoms with Crippen molar-refractivity contribution in [2.24, 2.45) is 0 Å². The van der Waals surface area contributed by atoms with Crippen LogP contribution in [0.1, 0.15) is 44.3 Å². The van der Waals surface area contributed by atoms with Crippen molar-refractivity contribution in [3.05, 3.63) is 11.7 Å². The van der Waals surface area contributed by atoms with Crippen molar-refractivity contribution in [1.29, 1.82) is 0 Å². The molecule has 0 amide bonds. The van der Waals surface area contributed by atoms with Crippen molar-refractivity contribution >= 4 is 11.6 Å². The van der Waals surface area contributed by atoms with Gasteiger partial charge in [0.15, 0.2) is 5.82 Å². The van der Waals surface area contributed by atoms with E-state index in [1.165, 1.54) is 0 Å². The third-order valence-electron chi connectivity index (χ3n) is 1.66. The van der Waals surface area contributed by atoms with E-state index in [0.29, 0.717) is 18.3 Å². The van der Waals surface area contributed by atoms with Crippen LogP contribution in [-0.2, 0) is 11.3 Å². The van der Waals surface area contributed by atoms with Crippen molar-refractivity contribution < 1.29 is 9.26 Å². The van der Waals surface area contributed by atoms with E-state index in [0.717, 1.165) is 6.42 Å². The van der Waals surface area contributed by atoms with E-state index in [4.69, 9.17) is 20.9 Å². The van der Waals surface area contributed by atoms with Gasteiger partial charge in [-0.05, 0) is 20.3 Å². The Morgan fingerprint density at radius 1 is 1.50 bits per heavy atom. The van der Waals surface area contributed by atoms with Crippen LogP contribution in [0.2, 0.25) is 0 Å². The summed E-state index contributed by atoms with van der Waals surface area (Å²) < 4.78 is 10.3. The maximum atomic E-state index is 5.94. The van der Waals surface area contributed by atoms with Crippen LogP contribution in [0.3, 0.4) is 0 Å². The van der Waals surface area contributed by atoms with Gasteiger partial charge < -0.3 is 9.26 Å². The molecule has 0 saturated heterocycles. The number of alkyl halides is 1. The zero-order valence-corrected chi connectivity index (χ0v) is 9.41. The standard InChI is InChI=1S/C9H15ClN2O2/c1-4-7(10)9-11-8(14-12-9)5-13-6(2)3/h6-7H,4-5H2,1-3H3. The molecule has 0 aliphatic rings. The Labute approximate surface area is 88.6 Å². The number of rotatable bonds is 5. The Morgan fingerprint density at radius 3 is 2.79 bits per heavy atom. The van der Waals surface area contributed by atoms with Gasteiger partial charge in [-0.15, -0.1) is 11.6 Å². The predicted octanol–water partition coefficient (Wildman–Crippen LogP) is 2.68. The minimum atomic E-state index is -0.174. The molecule has 0 saturated carbocycles. The summed E-state index contributed by atoms with van der Waals surface area (Å²) in [6.07, 6.45) is 0.939. The fourth-order valence-corrected chi connectivity index (χ4v) is 0.963. The first-order chi connectivity index (χ1) is 6.63. The fraction of sp³-hybridized carbons (Fsp3) is 0.778. The van der Waals surface area contributed by atoms with Crippen molar-refractivity contribution in [3.63, 3.8) is 0 Å². The SMILES string of the molecule is CCC(Cl)c1noc(COC(C)C)n1. The number of hydrogen-bond acceptors (Lipinski definition) is 4. The fourth-order valence-electron chi connectivity index (χ4n) is 0.874. The van der Waals surface area contributed by atoms with Crippen LogP contribution in [0.5, 0.6) is 0 Å². The van der Waals surface area contributed by atoms with E-state index in [1.807, 2.05) is 20.8 Å². The maximum absolute atomic E-state index is 5.94. The van der Waals surface area contributed by atoms with Crippen LogP contribution in [0.4, 0.5) is 0 Å². The maximum Gasteiger partial charge on any atom is 0.252 e. The molecule has 0 radical (unpaired) electrons. The van der Waals surface area contributed by atoms with Gasteiger partial charge in [0.2, 0.25) is 0 Å². The first kappa shape index (κ1) is 11.5. The van der Waals surface area contributed by atoms with Gasteiger partial charge in [-0.3, -0.25) is 0 Å². The summed E-state index contributed by atoms with van der Waals surface area (Å²) >= 11 is 5.94. The molecule has 0 aliphatic carbocycles. The van der Waals surface area contributed by atoms with Gasteiger partial charge in [-0.25, -0.2) is 0 Å². The minimum Gasteiger partial charge on any atom is -0.369 e. The molecule has 0 fully saturated rings. The average molecular weight is 219 g/mol. The second kappa shape index (κ2) is 5.32. The lowest BCUT2D eigenvalue weighted by molar-refractivity contribution is 0.0485. The Bertz CT molecular complexity index is 276. The summed E-state index contributed by atoms with van der Waals surface area (Å²) in [6, 6.07) is 0. The summed E-state index contributed by atoms with van der Waals surface area (Å²) in [4.78, 5) is 4.12. The number of aromatic nitrogens is 2. The van der Waals surface area contributed by atoms with Gasteiger partial charge in [-0.1, -0.05) is 12.1 Å². The molecule has 0 aromatic carbocycles. The van der Waals surface area contributed by atoms with Crippen LogP contribution < -0.4 is 0 Å². The van der Waals surface area contributed by atoms with E-state index < -0.39 is 0 Å². The summed E-state index contributed by atoms with van der Waals surface area (Å²) in [5.74, 6) is 1.02. The summed E-state index contributed by atoms with van der Waals surface area (Å²) in [5, 5.41) is 3.59. The van der Waals surface area contributed by atoms with Crippen LogP contribution in [0.15, 0.2) is 4.52 Å². The van der Waals surface area contributed by atoms with E-state index in [9.17, 15) is 0 Å². The van der Waals surface area contributed by atoms with Gasteiger partial charge >= 0.3 is 0 Å². The molecule has 0 N–H and O–H groups in total. The molecule has 14 heavy (non-hydrogen) atoms. The summed E-state index contributed by atoms with van der Waals surface area (Å²) in [7, 11) is 0. The first-order valence-electron chi connectivity index (χ1n) is 4.71. The smallest absolute Gasteiger partial charge is 0.252 e. The molecule has 5 heteroatoms. The third kappa shape index (κ3) is 3.27. The Balaban J connectivity index is 2.50. The largest absolute Gasteiger partial charge is 0.369 e. The van der Waals surface area contributed by atoms with Crippen LogP contribution in [0.25, 0.3) is 0 Å². The molecular formula is C9H15ClN2O2. The average Bonchev–Trinajstić information content (AvgIpc) is 2.62. The second-order valence-corrected chi connectivity index (χ2v) is 3.81. The van der Waals surface area contributed by atoms with E-state index in [-0.39, 0.29) is 11.5 Å². The lowest BCUT2D eigenvalue weighted by atomic mass is 10.3. The molecular weight excluding hydrogens is 204 g/mol. The summed E-state index contributed by atoms with van der Waals surface area (Å²) in [5.41, 5.74) is 0. The summed E-state index contributed by atoms with van der Waals surface area (Å²) in [6.45, 7) is 6.22. The second-order valence-electron chi connectivity index (χ2n) is 3.28. The van der Waals surface area contributed by atoms with Crippen LogP contribution in [-0.4, -0.2) is 16.2 Å². The van der Waals surface area contributed by atoms with Gasteiger partial charge in [0.25, 0.3) is 5.89 Å². The molecule has 0 bridgehead atoms. The van der Waals surface area contributed by atoms with Crippen LogP contribution >= 0.6 is 11.6 Å². The Kier molecular flexibility index (Phi) is 4.35. The van der Waals surface area contributed by atoms with Gasteiger partial charge in [0, 0.05) is 0 Å². The third-order valence-corrected chi connectivity index (χ3v) is 2.17. The normalized spacial score (nSPS) is 13.5. The zero-order chi connectivity index (χ0) is 10.6. The molecule has 0 spiro atoms. The molecule has 1 atom stereocenters. The zero-order valence-electron chi connectivity index (χ0n) is 8.66. The first-order valence-corrected chi connectivity index (χ1v) is 5.15. The van der Waals surface area contributed by atoms with Gasteiger partial charge in [0.1, 0.15) is 6.61 Å². The molecule has 1 heterocycles. The van der Waals surface area contributed by atoms with Crippen molar-refractivity contribution in [3.8, 4) is 0 Å². The Morgan fingerprint density at radius 2 is 2.21 bits per heavy atom. The van der Waals surface area contributed by atoms with Crippen molar-refractivity contribution in [1.82, 2.24) is 10.1 Å². The van der Waals surface area contributed by atoms with E-state index >= 15 is 0 Å². The predicted molar refractivity (Wildman–Crippen MR) is 53.1 cm³/mol. The Hall–Kier alpha value is -0.610.